The number of aromatic nitrogens is 1. The second kappa shape index (κ2) is 11.7. The van der Waals surface area contributed by atoms with Gasteiger partial charge in [0.15, 0.2) is 10.1 Å². The lowest BCUT2D eigenvalue weighted by Crippen LogP contribution is -2.49. The number of hydrogen-bond acceptors (Lipinski definition) is 7. The number of amides is 2. The molecule has 1 aliphatic heterocycles. The third kappa shape index (κ3) is 7.06. The largest absolute Gasteiger partial charge is 0.368 e. The zero-order valence-electron chi connectivity index (χ0n) is 19.2. The maximum atomic E-state index is 12.8. The van der Waals surface area contributed by atoms with E-state index in [1.807, 2.05) is 34.5 Å². The van der Waals surface area contributed by atoms with Gasteiger partial charge in [-0.2, -0.15) is 0 Å². The van der Waals surface area contributed by atoms with E-state index in [0.717, 1.165) is 28.8 Å². The number of anilines is 2. The molecule has 1 saturated heterocycles. The van der Waals surface area contributed by atoms with Gasteiger partial charge in [0.2, 0.25) is 11.8 Å². The van der Waals surface area contributed by atoms with Gasteiger partial charge >= 0.3 is 0 Å². The Morgan fingerprint density at radius 3 is 2.37 bits per heavy atom. The minimum Gasteiger partial charge on any atom is -0.368 e. The lowest BCUT2D eigenvalue weighted by atomic mass is 10.1. The molecule has 1 N–H and O–H groups in total. The third-order valence-electron chi connectivity index (χ3n) is 5.59. The molecule has 0 bridgehead atoms. The first-order valence-electron chi connectivity index (χ1n) is 11.1. The van der Waals surface area contributed by atoms with E-state index < -0.39 is 0 Å². The zero-order chi connectivity index (χ0) is 24.8. The van der Waals surface area contributed by atoms with Crippen molar-refractivity contribution in [3.05, 3.63) is 70.2 Å². The van der Waals surface area contributed by atoms with Crippen LogP contribution < -0.4 is 10.2 Å². The first-order chi connectivity index (χ1) is 16.9. The first kappa shape index (κ1) is 25.2. The number of nitrogens with zero attached hydrogens (tertiary/aromatic N) is 3. The number of ketones is 1. The molecule has 2 aromatic carbocycles. The molecule has 3 aromatic rings. The molecule has 35 heavy (non-hydrogen) atoms. The molecule has 4 rings (SSSR count). The topological polar surface area (TPSA) is 82.6 Å². The zero-order valence-corrected chi connectivity index (χ0v) is 21.6. The van der Waals surface area contributed by atoms with Gasteiger partial charge in [0.25, 0.3) is 0 Å². The predicted octanol–water partition coefficient (Wildman–Crippen LogP) is 4.62. The average Bonchev–Trinajstić information content (AvgIpc) is 3.31. The Bertz CT molecular complexity index is 1190. The Kier molecular flexibility index (Phi) is 8.43. The van der Waals surface area contributed by atoms with Gasteiger partial charge in [0.05, 0.1) is 17.9 Å². The van der Waals surface area contributed by atoms with Crippen LogP contribution in [0.4, 0.5) is 11.4 Å². The first-order valence-corrected chi connectivity index (χ1v) is 13.4. The van der Waals surface area contributed by atoms with Crippen molar-refractivity contribution in [3.63, 3.8) is 0 Å². The smallest absolute Gasteiger partial charge is 0.234 e. The Morgan fingerprint density at radius 2 is 1.71 bits per heavy atom. The highest BCUT2D eigenvalue weighted by Crippen LogP contribution is 2.24. The summed E-state index contributed by atoms with van der Waals surface area (Å²) < 4.78 is 0.762. The van der Waals surface area contributed by atoms with Crippen LogP contribution in [0.15, 0.2) is 58.3 Å². The predicted molar refractivity (Wildman–Crippen MR) is 142 cm³/mol. The molecular weight excluding hydrogens is 504 g/mol. The number of Topliss-reactive ketones (excluding diaryl/α,β-unsaturated/α-hetero) is 1. The summed E-state index contributed by atoms with van der Waals surface area (Å²) in [6.07, 6.45) is 0.251. The standard InChI is InChI=1S/C25H25ClN4O3S2/c1-17(31)18-2-8-22(9-3-18)29-10-12-30(13-11-29)24(33)14-21-15-34-25(28-21)35-16-23(32)27-20-6-4-19(26)5-7-20/h2-9,15H,10-14,16H2,1H3,(H,27,32). The van der Waals surface area contributed by atoms with Crippen LogP contribution in [0, 0.1) is 0 Å². The van der Waals surface area contributed by atoms with E-state index in [0.29, 0.717) is 29.4 Å². The lowest BCUT2D eigenvalue weighted by Gasteiger charge is -2.36. The van der Waals surface area contributed by atoms with Crippen molar-refractivity contribution in [2.75, 3.05) is 42.1 Å². The molecule has 0 saturated carbocycles. The van der Waals surface area contributed by atoms with Crippen molar-refractivity contribution >= 4 is 63.7 Å². The second-order valence-corrected chi connectivity index (χ2v) is 10.6. The maximum Gasteiger partial charge on any atom is 0.234 e. The van der Waals surface area contributed by atoms with Crippen molar-refractivity contribution in [1.82, 2.24) is 9.88 Å². The van der Waals surface area contributed by atoms with E-state index in [1.165, 1.54) is 23.1 Å². The van der Waals surface area contributed by atoms with Crippen LogP contribution in [-0.2, 0) is 16.0 Å². The van der Waals surface area contributed by atoms with Crippen molar-refractivity contribution in [2.45, 2.75) is 17.7 Å². The minimum absolute atomic E-state index is 0.0526. The van der Waals surface area contributed by atoms with Gasteiger partial charge in [-0.15, -0.1) is 11.3 Å². The van der Waals surface area contributed by atoms with Gasteiger partial charge < -0.3 is 15.1 Å². The number of thiazole rings is 1. The van der Waals surface area contributed by atoms with E-state index in [1.54, 1.807) is 31.2 Å². The van der Waals surface area contributed by atoms with Crippen molar-refractivity contribution in [3.8, 4) is 0 Å². The van der Waals surface area contributed by atoms with Gasteiger partial charge in [-0.05, 0) is 55.5 Å². The van der Waals surface area contributed by atoms with E-state index in [4.69, 9.17) is 11.6 Å². The molecule has 7 nitrogen and oxygen atoms in total. The highest BCUT2D eigenvalue weighted by atomic mass is 35.5. The highest BCUT2D eigenvalue weighted by molar-refractivity contribution is 8.01. The number of carbonyl (C=O) groups excluding carboxylic acids is 3. The Labute approximate surface area is 217 Å². The summed E-state index contributed by atoms with van der Waals surface area (Å²) in [7, 11) is 0. The normalized spacial score (nSPS) is 13.5. The summed E-state index contributed by atoms with van der Waals surface area (Å²) in [4.78, 5) is 45.0. The molecular formula is C25H25ClN4O3S2. The van der Waals surface area contributed by atoms with Crippen LogP contribution in [0.3, 0.4) is 0 Å². The molecule has 0 aliphatic carbocycles. The molecule has 1 fully saturated rings. The summed E-state index contributed by atoms with van der Waals surface area (Å²) in [5.41, 5.74) is 3.18. The highest BCUT2D eigenvalue weighted by Gasteiger charge is 2.22. The Morgan fingerprint density at radius 1 is 1.03 bits per heavy atom. The molecule has 0 radical (unpaired) electrons. The Balaban J connectivity index is 1.21. The van der Waals surface area contributed by atoms with E-state index in [-0.39, 0.29) is 29.8 Å². The van der Waals surface area contributed by atoms with Crippen LogP contribution in [-0.4, -0.2) is 59.4 Å². The molecule has 182 valence electrons. The molecule has 10 heteroatoms. The van der Waals surface area contributed by atoms with Crippen molar-refractivity contribution in [2.24, 2.45) is 0 Å². The molecule has 0 spiro atoms. The number of carbonyl (C=O) groups is 3. The fourth-order valence-electron chi connectivity index (χ4n) is 3.68. The second-order valence-electron chi connectivity index (χ2n) is 8.10. The van der Waals surface area contributed by atoms with Crippen LogP contribution in [0.1, 0.15) is 23.0 Å². The van der Waals surface area contributed by atoms with Crippen LogP contribution in [0.25, 0.3) is 0 Å². The molecule has 1 aliphatic rings. The minimum atomic E-state index is -0.126. The van der Waals surface area contributed by atoms with Gasteiger partial charge in [0.1, 0.15) is 0 Å². The molecule has 0 atom stereocenters. The summed E-state index contributed by atoms with van der Waals surface area (Å²) in [6, 6.07) is 14.5. The summed E-state index contributed by atoms with van der Waals surface area (Å²) in [5, 5.41) is 5.32. The molecule has 1 aromatic heterocycles. The van der Waals surface area contributed by atoms with Crippen molar-refractivity contribution < 1.29 is 14.4 Å². The molecule has 2 amide bonds. The number of benzene rings is 2. The van der Waals surface area contributed by atoms with Crippen LogP contribution >= 0.6 is 34.7 Å². The molecule has 2 heterocycles. The molecule has 0 unspecified atom stereocenters. The van der Waals surface area contributed by atoms with Gasteiger partial charge in [0, 0.05) is 53.5 Å². The summed E-state index contributed by atoms with van der Waals surface area (Å²) in [5.74, 6) is 0.216. The van der Waals surface area contributed by atoms with Crippen LogP contribution in [0.5, 0.6) is 0 Å². The van der Waals surface area contributed by atoms with E-state index >= 15 is 0 Å². The van der Waals surface area contributed by atoms with Crippen molar-refractivity contribution in [1.29, 1.82) is 0 Å². The maximum absolute atomic E-state index is 12.8. The quantitative estimate of drug-likeness (QED) is 0.339. The monoisotopic (exact) mass is 528 g/mol. The van der Waals surface area contributed by atoms with Crippen LogP contribution in [0.2, 0.25) is 5.02 Å². The fourth-order valence-corrected chi connectivity index (χ4v) is 5.45. The van der Waals surface area contributed by atoms with Gasteiger partial charge in [-0.1, -0.05) is 23.4 Å². The fraction of sp³-hybridized carbons (Fsp3) is 0.280. The lowest BCUT2D eigenvalue weighted by molar-refractivity contribution is -0.130. The Hall–Kier alpha value is -2.88. The number of thioether (sulfide) groups is 1. The van der Waals surface area contributed by atoms with Gasteiger partial charge in [-0.25, -0.2) is 4.98 Å². The number of rotatable bonds is 8. The number of nitrogens with one attached hydrogen (secondary N) is 1. The van der Waals surface area contributed by atoms with Gasteiger partial charge in [-0.3, -0.25) is 14.4 Å². The average molecular weight is 529 g/mol. The summed E-state index contributed by atoms with van der Waals surface area (Å²) in [6.45, 7) is 4.33. The van der Waals surface area contributed by atoms with E-state index in [9.17, 15) is 14.4 Å². The SMILES string of the molecule is CC(=O)c1ccc(N2CCN(C(=O)Cc3csc(SCC(=O)Nc4ccc(Cl)cc4)n3)CC2)cc1. The third-order valence-corrected chi connectivity index (χ3v) is 7.91. The number of piperazine rings is 1. The summed E-state index contributed by atoms with van der Waals surface area (Å²) >= 11 is 8.65. The van der Waals surface area contributed by atoms with E-state index in [2.05, 4.69) is 15.2 Å². The number of hydrogen-bond donors (Lipinski definition) is 1. The number of halogens is 1.